The van der Waals surface area contributed by atoms with Gasteiger partial charge in [0, 0.05) is 19.3 Å². The second-order valence-corrected chi connectivity index (χ2v) is 25.2. The number of carbonyl (C=O) groups excluding carboxylic acids is 3. The van der Waals surface area contributed by atoms with Gasteiger partial charge in [-0.05, 0) is 83.5 Å². The van der Waals surface area contributed by atoms with E-state index in [9.17, 15) is 14.4 Å². The molecule has 83 heavy (non-hydrogen) atoms. The summed E-state index contributed by atoms with van der Waals surface area (Å²) < 4.78 is 17.0. The van der Waals surface area contributed by atoms with Crippen LogP contribution in [0.3, 0.4) is 0 Å². The maximum atomic E-state index is 13.0. The summed E-state index contributed by atoms with van der Waals surface area (Å²) in [4.78, 5) is 38.5. The van der Waals surface area contributed by atoms with E-state index >= 15 is 0 Å². The normalized spacial score (nSPS) is 12.3. The molecule has 6 heteroatoms. The molecule has 486 valence electrons. The zero-order valence-electron chi connectivity index (χ0n) is 56.0. The maximum absolute atomic E-state index is 13.0. The lowest BCUT2D eigenvalue weighted by molar-refractivity contribution is -0.167. The van der Waals surface area contributed by atoms with Gasteiger partial charge in [0.1, 0.15) is 13.2 Å². The lowest BCUT2D eigenvalue weighted by Crippen LogP contribution is -2.30. The summed E-state index contributed by atoms with van der Waals surface area (Å²) in [6, 6.07) is 0. The van der Waals surface area contributed by atoms with Crippen LogP contribution in [0.5, 0.6) is 0 Å². The van der Waals surface area contributed by atoms with Crippen LogP contribution in [-0.2, 0) is 28.6 Å². The van der Waals surface area contributed by atoms with E-state index in [4.69, 9.17) is 14.2 Å². The van der Waals surface area contributed by atoms with Gasteiger partial charge >= 0.3 is 17.9 Å². The highest BCUT2D eigenvalue weighted by molar-refractivity contribution is 5.71. The number of unbranched alkanes of at least 4 members (excludes halogenated alkanes) is 50. The molecule has 0 heterocycles. The summed E-state index contributed by atoms with van der Waals surface area (Å²) in [6.45, 7) is 6.68. The van der Waals surface area contributed by atoms with Crippen LogP contribution in [0.2, 0.25) is 0 Å². The van der Waals surface area contributed by atoms with E-state index in [-0.39, 0.29) is 31.1 Å². The van der Waals surface area contributed by atoms with E-state index in [1.807, 2.05) is 0 Å². The molecule has 0 aliphatic rings. The van der Waals surface area contributed by atoms with Gasteiger partial charge in [-0.15, -0.1) is 0 Å². The topological polar surface area (TPSA) is 78.9 Å². The van der Waals surface area contributed by atoms with Crippen LogP contribution >= 0.6 is 0 Å². The molecule has 0 radical (unpaired) electrons. The highest BCUT2D eigenvalue weighted by atomic mass is 16.6. The van der Waals surface area contributed by atoms with Gasteiger partial charge in [0.15, 0.2) is 6.10 Å². The molecule has 0 aromatic carbocycles. The Morgan fingerprint density at radius 3 is 0.711 bits per heavy atom. The Labute approximate surface area is 518 Å². The third kappa shape index (κ3) is 70.0. The molecule has 0 saturated carbocycles. The molecule has 0 aromatic heterocycles. The van der Waals surface area contributed by atoms with Crippen molar-refractivity contribution in [3.05, 3.63) is 48.6 Å². The molecule has 0 N–H and O–H groups in total. The molecule has 0 aliphatic heterocycles. The van der Waals surface area contributed by atoms with Crippen molar-refractivity contribution in [2.24, 2.45) is 0 Å². The standard InChI is InChI=1S/C77H142O6/c1-4-7-10-13-16-19-22-25-28-31-34-36-38-40-43-46-49-52-55-58-61-64-67-70-76(79)82-73-74(72-81-75(78)69-66-63-60-57-54-51-48-45-42-33-30-27-24-21-18-15-12-9-6-3)83-77(80)71-68-65-62-59-56-53-50-47-44-41-39-37-35-32-29-26-23-20-17-14-11-8-5-2/h18,21,27,30-31,34,42,45,74H,4-17,19-20,22-26,28-29,32-33,35-41,43-44,46-73H2,1-3H3/b21-18-,30-27-,34-31-,45-42-. The second-order valence-electron chi connectivity index (χ2n) is 25.2. The largest absolute Gasteiger partial charge is 0.462 e. The van der Waals surface area contributed by atoms with Crippen molar-refractivity contribution in [3.63, 3.8) is 0 Å². The number of allylic oxidation sites excluding steroid dienone is 8. The van der Waals surface area contributed by atoms with Crippen molar-refractivity contribution in [3.8, 4) is 0 Å². The van der Waals surface area contributed by atoms with Crippen LogP contribution < -0.4 is 0 Å². The van der Waals surface area contributed by atoms with Crippen LogP contribution in [-0.4, -0.2) is 37.2 Å². The van der Waals surface area contributed by atoms with Gasteiger partial charge in [0.05, 0.1) is 0 Å². The molecule has 0 amide bonds. The lowest BCUT2D eigenvalue weighted by Gasteiger charge is -2.18. The molecule has 0 spiro atoms. The first kappa shape index (κ1) is 80.4. The SMILES string of the molecule is CCCCC/C=C\C/C=C\C/C=C\CCCCCCCCC(=O)OCC(COC(=O)CCCCCCCCCCCCC/C=C\CCCCCCCCCC)OC(=O)CCCCCCCCCCCCCCCCCCCCCCCCC. The summed E-state index contributed by atoms with van der Waals surface area (Å²) in [5.74, 6) is -0.857. The third-order valence-electron chi connectivity index (χ3n) is 16.8. The quantitative estimate of drug-likeness (QED) is 0.0261. The predicted molar refractivity (Wildman–Crippen MR) is 362 cm³/mol. The minimum absolute atomic E-state index is 0.0734. The molecule has 0 saturated heterocycles. The molecule has 0 rings (SSSR count). The van der Waals surface area contributed by atoms with Crippen LogP contribution in [0.25, 0.3) is 0 Å². The van der Waals surface area contributed by atoms with Crippen molar-refractivity contribution in [1.29, 1.82) is 0 Å². The number of hydrogen-bond donors (Lipinski definition) is 0. The van der Waals surface area contributed by atoms with Crippen LogP contribution in [0.15, 0.2) is 48.6 Å². The summed E-state index contributed by atoms with van der Waals surface area (Å²) in [6.07, 6.45) is 91.4. The fraction of sp³-hybridized carbons (Fsp3) is 0.857. The van der Waals surface area contributed by atoms with E-state index in [1.54, 1.807) is 0 Å². The summed E-state index contributed by atoms with van der Waals surface area (Å²) in [5, 5.41) is 0. The minimum atomic E-state index is -0.779. The monoisotopic (exact) mass is 1160 g/mol. The Hall–Kier alpha value is -2.63. The van der Waals surface area contributed by atoms with E-state index in [2.05, 4.69) is 69.4 Å². The molecular formula is C77H142O6. The fourth-order valence-corrected chi connectivity index (χ4v) is 11.2. The van der Waals surface area contributed by atoms with E-state index in [1.165, 1.54) is 289 Å². The zero-order valence-corrected chi connectivity index (χ0v) is 56.0. The van der Waals surface area contributed by atoms with Crippen molar-refractivity contribution < 1.29 is 28.6 Å². The first-order valence-corrected chi connectivity index (χ1v) is 37.1. The first-order chi connectivity index (χ1) is 41.0. The Kier molecular flexibility index (Phi) is 69.6. The van der Waals surface area contributed by atoms with Crippen molar-refractivity contribution >= 4 is 17.9 Å². The third-order valence-corrected chi connectivity index (χ3v) is 16.8. The molecule has 0 fully saturated rings. The van der Waals surface area contributed by atoms with Gasteiger partial charge in [-0.3, -0.25) is 14.4 Å². The zero-order chi connectivity index (χ0) is 59.9. The second kappa shape index (κ2) is 71.8. The number of carbonyl (C=O) groups is 3. The Balaban J connectivity index is 4.33. The van der Waals surface area contributed by atoms with Gasteiger partial charge in [0.2, 0.25) is 0 Å². The van der Waals surface area contributed by atoms with Crippen LogP contribution in [0, 0.1) is 0 Å². The molecule has 1 atom stereocenters. The highest BCUT2D eigenvalue weighted by Crippen LogP contribution is 2.19. The number of hydrogen-bond acceptors (Lipinski definition) is 6. The Bertz CT molecular complexity index is 1430. The smallest absolute Gasteiger partial charge is 0.306 e. The van der Waals surface area contributed by atoms with Crippen molar-refractivity contribution in [2.75, 3.05) is 13.2 Å². The average molecular weight is 1160 g/mol. The lowest BCUT2D eigenvalue weighted by atomic mass is 10.0. The number of esters is 3. The average Bonchev–Trinajstić information content (AvgIpc) is 3.49. The summed E-state index contributed by atoms with van der Waals surface area (Å²) in [7, 11) is 0. The van der Waals surface area contributed by atoms with Crippen molar-refractivity contribution in [2.45, 2.75) is 412 Å². The van der Waals surface area contributed by atoms with E-state index < -0.39 is 6.10 Å². The maximum Gasteiger partial charge on any atom is 0.306 e. The Morgan fingerprint density at radius 2 is 0.434 bits per heavy atom. The van der Waals surface area contributed by atoms with Gasteiger partial charge in [-0.1, -0.05) is 352 Å². The molecule has 0 aromatic rings. The fourth-order valence-electron chi connectivity index (χ4n) is 11.2. The summed E-state index contributed by atoms with van der Waals surface area (Å²) in [5.41, 5.74) is 0. The van der Waals surface area contributed by atoms with Crippen LogP contribution in [0.4, 0.5) is 0 Å². The highest BCUT2D eigenvalue weighted by Gasteiger charge is 2.19. The molecule has 0 aliphatic carbocycles. The predicted octanol–water partition coefficient (Wildman–Crippen LogP) is 25.7. The molecule has 0 bridgehead atoms. The minimum Gasteiger partial charge on any atom is -0.462 e. The van der Waals surface area contributed by atoms with E-state index in [0.29, 0.717) is 19.3 Å². The summed E-state index contributed by atoms with van der Waals surface area (Å²) >= 11 is 0. The van der Waals surface area contributed by atoms with Gasteiger partial charge in [-0.2, -0.15) is 0 Å². The molecule has 1 unspecified atom stereocenters. The van der Waals surface area contributed by atoms with E-state index in [0.717, 1.165) is 77.0 Å². The van der Waals surface area contributed by atoms with Crippen molar-refractivity contribution in [1.82, 2.24) is 0 Å². The number of rotatable bonds is 69. The molecule has 6 nitrogen and oxygen atoms in total. The van der Waals surface area contributed by atoms with Gasteiger partial charge < -0.3 is 14.2 Å². The number of ether oxygens (including phenoxy) is 3. The Morgan fingerprint density at radius 1 is 0.241 bits per heavy atom. The molecular weight excluding hydrogens is 1020 g/mol. The first-order valence-electron chi connectivity index (χ1n) is 37.1. The van der Waals surface area contributed by atoms with Gasteiger partial charge in [-0.25, -0.2) is 0 Å². The van der Waals surface area contributed by atoms with Gasteiger partial charge in [0.25, 0.3) is 0 Å². The van der Waals surface area contributed by atoms with Crippen LogP contribution in [0.1, 0.15) is 406 Å².